The minimum Gasteiger partial charge on any atom is -0.275 e. The van der Waals surface area contributed by atoms with Gasteiger partial charge in [0, 0.05) is 23.9 Å². The van der Waals surface area contributed by atoms with Gasteiger partial charge in [-0.1, -0.05) is 13.8 Å². The lowest BCUT2D eigenvalue weighted by Crippen LogP contribution is -2.08. The number of rotatable bonds is 5. The number of aryl methyl sites for hydroxylation is 2. The van der Waals surface area contributed by atoms with Crippen LogP contribution in [0.25, 0.3) is 0 Å². The summed E-state index contributed by atoms with van der Waals surface area (Å²) in [5.74, 6) is 0. The highest BCUT2D eigenvalue weighted by atomic mass is 35.7. The summed E-state index contributed by atoms with van der Waals surface area (Å²) in [6.07, 6.45) is 2.90. The van der Waals surface area contributed by atoms with Crippen LogP contribution in [0.15, 0.2) is 17.2 Å². The van der Waals surface area contributed by atoms with Crippen molar-refractivity contribution in [2.75, 3.05) is 0 Å². The van der Waals surface area contributed by atoms with Gasteiger partial charge in [0.05, 0.1) is 23.6 Å². The van der Waals surface area contributed by atoms with Crippen LogP contribution in [0.1, 0.15) is 30.9 Å². The van der Waals surface area contributed by atoms with E-state index in [4.69, 9.17) is 10.7 Å². The second-order valence-corrected chi connectivity index (χ2v) is 7.01. The first-order chi connectivity index (χ1) is 9.36. The monoisotopic (exact) mass is 316 g/mol. The zero-order valence-corrected chi connectivity index (χ0v) is 13.2. The number of aromatic nitrogens is 4. The van der Waals surface area contributed by atoms with Crippen molar-refractivity contribution in [3.63, 3.8) is 0 Å². The fraction of sp³-hybridized carbons (Fsp3) is 0.500. The van der Waals surface area contributed by atoms with Gasteiger partial charge in [0.25, 0.3) is 9.05 Å². The number of hydrogen-bond acceptors (Lipinski definition) is 4. The van der Waals surface area contributed by atoms with Crippen molar-refractivity contribution in [3.05, 3.63) is 29.3 Å². The molecule has 8 heteroatoms. The zero-order chi connectivity index (χ0) is 14.9. The lowest BCUT2D eigenvalue weighted by Gasteiger charge is -2.04. The van der Waals surface area contributed by atoms with Gasteiger partial charge in [0.1, 0.15) is 4.90 Å². The van der Waals surface area contributed by atoms with E-state index >= 15 is 0 Å². The fourth-order valence-corrected chi connectivity index (χ4v) is 3.75. The van der Waals surface area contributed by atoms with E-state index < -0.39 is 9.05 Å². The van der Waals surface area contributed by atoms with Crippen molar-refractivity contribution >= 4 is 19.7 Å². The van der Waals surface area contributed by atoms with Gasteiger partial charge < -0.3 is 0 Å². The molecular formula is C12H17ClN4O2S. The average Bonchev–Trinajstić information content (AvgIpc) is 2.92. The Morgan fingerprint density at radius 2 is 1.95 bits per heavy atom. The Morgan fingerprint density at radius 1 is 1.25 bits per heavy atom. The third kappa shape index (κ3) is 2.88. The lowest BCUT2D eigenvalue weighted by atomic mass is 10.2. The van der Waals surface area contributed by atoms with E-state index in [1.165, 1.54) is 0 Å². The van der Waals surface area contributed by atoms with Gasteiger partial charge in [-0.25, -0.2) is 8.42 Å². The topological polar surface area (TPSA) is 69.8 Å². The van der Waals surface area contributed by atoms with Gasteiger partial charge >= 0.3 is 0 Å². The van der Waals surface area contributed by atoms with Gasteiger partial charge in [-0.15, -0.1) is 0 Å². The largest absolute Gasteiger partial charge is 0.275 e. The van der Waals surface area contributed by atoms with Crippen molar-refractivity contribution < 1.29 is 8.42 Å². The van der Waals surface area contributed by atoms with E-state index in [1.807, 2.05) is 33.2 Å². The SMILES string of the molecule is CCc1nn(Cc2ccn(C)n2)c(CC)c1S(=O)(=O)Cl. The molecule has 0 N–H and O–H groups in total. The van der Waals surface area contributed by atoms with Crippen LogP contribution in [0.3, 0.4) is 0 Å². The second kappa shape index (κ2) is 5.57. The molecule has 0 saturated carbocycles. The summed E-state index contributed by atoms with van der Waals surface area (Å²) in [4.78, 5) is 0.153. The van der Waals surface area contributed by atoms with Crippen LogP contribution in [-0.4, -0.2) is 28.0 Å². The predicted molar refractivity (Wildman–Crippen MR) is 76.3 cm³/mol. The van der Waals surface area contributed by atoms with Crippen LogP contribution in [0, 0.1) is 0 Å². The van der Waals surface area contributed by atoms with E-state index in [-0.39, 0.29) is 4.90 Å². The minimum atomic E-state index is -3.79. The molecule has 0 aromatic carbocycles. The van der Waals surface area contributed by atoms with E-state index in [2.05, 4.69) is 10.2 Å². The molecule has 0 aliphatic carbocycles. The minimum absolute atomic E-state index is 0.153. The maximum atomic E-state index is 11.8. The van der Waals surface area contributed by atoms with Gasteiger partial charge in [0.15, 0.2) is 0 Å². The summed E-state index contributed by atoms with van der Waals surface area (Å²) >= 11 is 0. The van der Waals surface area contributed by atoms with Crippen LogP contribution in [0.4, 0.5) is 0 Å². The molecule has 0 fully saturated rings. The van der Waals surface area contributed by atoms with Gasteiger partial charge in [0.2, 0.25) is 0 Å². The van der Waals surface area contributed by atoms with E-state index in [9.17, 15) is 8.42 Å². The van der Waals surface area contributed by atoms with Crippen molar-refractivity contribution in [1.29, 1.82) is 0 Å². The Bertz CT molecular complexity index is 718. The highest BCUT2D eigenvalue weighted by Gasteiger charge is 2.25. The first-order valence-corrected chi connectivity index (χ1v) is 8.69. The third-order valence-electron chi connectivity index (χ3n) is 3.07. The Hall–Kier alpha value is -1.34. The average molecular weight is 317 g/mol. The summed E-state index contributed by atoms with van der Waals surface area (Å²) in [6.45, 7) is 4.18. The van der Waals surface area contributed by atoms with Crippen molar-refractivity contribution in [3.8, 4) is 0 Å². The summed E-state index contributed by atoms with van der Waals surface area (Å²) in [6, 6.07) is 1.88. The predicted octanol–water partition coefficient (Wildman–Crippen LogP) is 1.72. The molecule has 0 saturated heterocycles. The molecule has 2 aromatic heterocycles. The molecule has 110 valence electrons. The van der Waals surface area contributed by atoms with Gasteiger partial charge in [-0.2, -0.15) is 10.2 Å². The highest BCUT2D eigenvalue weighted by molar-refractivity contribution is 8.13. The molecule has 2 heterocycles. The Kier molecular flexibility index (Phi) is 4.19. The van der Waals surface area contributed by atoms with E-state index in [1.54, 1.807) is 9.36 Å². The lowest BCUT2D eigenvalue weighted by molar-refractivity contribution is 0.602. The van der Waals surface area contributed by atoms with Crippen LogP contribution < -0.4 is 0 Å². The standard InChI is InChI=1S/C12H17ClN4O2S/c1-4-10-12(20(13,18)19)11(5-2)17(15-10)8-9-6-7-16(3)14-9/h6-7H,4-5,8H2,1-3H3. The summed E-state index contributed by atoms with van der Waals surface area (Å²) in [7, 11) is 3.59. The summed E-state index contributed by atoms with van der Waals surface area (Å²) in [5, 5.41) is 8.66. The molecule has 0 amide bonds. The van der Waals surface area contributed by atoms with Crippen molar-refractivity contribution in [1.82, 2.24) is 19.6 Å². The maximum Gasteiger partial charge on any atom is 0.264 e. The van der Waals surface area contributed by atoms with E-state index in [0.29, 0.717) is 30.8 Å². The van der Waals surface area contributed by atoms with Crippen LogP contribution >= 0.6 is 10.7 Å². The number of nitrogens with zero attached hydrogens (tertiary/aromatic N) is 4. The number of halogens is 1. The first-order valence-electron chi connectivity index (χ1n) is 6.38. The molecule has 6 nitrogen and oxygen atoms in total. The van der Waals surface area contributed by atoms with E-state index in [0.717, 1.165) is 5.69 Å². The maximum absolute atomic E-state index is 11.8. The summed E-state index contributed by atoms with van der Waals surface area (Å²) < 4.78 is 26.9. The normalized spacial score (nSPS) is 12.0. The molecule has 0 unspecified atom stereocenters. The quantitative estimate of drug-likeness (QED) is 0.788. The summed E-state index contributed by atoms with van der Waals surface area (Å²) in [5.41, 5.74) is 1.96. The molecule has 0 spiro atoms. The van der Waals surface area contributed by atoms with Crippen LogP contribution in [-0.2, 0) is 35.5 Å². The molecule has 0 aliphatic rings. The van der Waals surface area contributed by atoms with Crippen LogP contribution in [0.2, 0.25) is 0 Å². The van der Waals surface area contributed by atoms with Crippen molar-refractivity contribution in [2.24, 2.45) is 7.05 Å². The fourth-order valence-electron chi connectivity index (χ4n) is 2.22. The smallest absolute Gasteiger partial charge is 0.264 e. The number of hydrogen-bond donors (Lipinski definition) is 0. The molecule has 0 aliphatic heterocycles. The van der Waals surface area contributed by atoms with Crippen LogP contribution in [0.5, 0.6) is 0 Å². The Balaban J connectivity index is 2.51. The molecule has 2 rings (SSSR count). The van der Waals surface area contributed by atoms with Crippen molar-refractivity contribution in [2.45, 2.75) is 38.1 Å². The second-order valence-electron chi connectivity index (χ2n) is 4.51. The molecule has 20 heavy (non-hydrogen) atoms. The first kappa shape index (κ1) is 15.1. The Morgan fingerprint density at radius 3 is 2.40 bits per heavy atom. The third-order valence-corrected chi connectivity index (χ3v) is 4.49. The molecular weight excluding hydrogens is 300 g/mol. The van der Waals surface area contributed by atoms with Gasteiger partial charge in [-0.05, 0) is 18.9 Å². The zero-order valence-electron chi connectivity index (χ0n) is 11.7. The molecule has 0 bridgehead atoms. The molecule has 0 radical (unpaired) electrons. The Labute approximate surface area is 122 Å². The van der Waals surface area contributed by atoms with Gasteiger partial charge in [-0.3, -0.25) is 9.36 Å². The highest BCUT2D eigenvalue weighted by Crippen LogP contribution is 2.25. The molecule has 0 atom stereocenters. The molecule has 2 aromatic rings.